The number of hydrogen-bond donors (Lipinski definition) is 1. The number of ether oxygens (including phenoxy) is 1. The molecule has 0 unspecified atom stereocenters. The van der Waals surface area contributed by atoms with E-state index in [0.29, 0.717) is 23.7 Å². The van der Waals surface area contributed by atoms with E-state index >= 15 is 0 Å². The van der Waals surface area contributed by atoms with Crippen molar-refractivity contribution in [3.05, 3.63) is 24.3 Å². The fourth-order valence-corrected chi connectivity index (χ4v) is 2.76. The van der Waals surface area contributed by atoms with Crippen molar-refractivity contribution in [2.24, 2.45) is 0 Å². The van der Waals surface area contributed by atoms with Crippen LogP contribution in [0, 0.1) is 0 Å². The highest BCUT2D eigenvalue weighted by molar-refractivity contribution is 7.92. The maximum Gasteiger partial charge on any atom is 0.232 e. The molecule has 0 aliphatic carbocycles. The van der Waals surface area contributed by atoms with Gasteiger partial charge in [0.2, 0.25) is 10.0 Å². The first-order chi connectivity index (χ1) is 8.43. The predicted molar refractivity (Wildman–Crippen MR) is 75.0 cm³/mol. The van der Waals surface area contributed by atoms with Gasteiger partial charge in [-0.15, -0.1) is 11.6 Å². The molecule has 0 radical (unpaired) electrons. The Bertz CT molecular complexity index is 457. The lowest BCUT2D eigenvalue weighted by molar-refractivity contribution is 0.242. The number of nitrogens with one attached hydrogen (secondary N) is 1. The molecular weight excluding hydrogens is 274 g/mol. The standard InChI is InChI=1S/C12H18ClNO3S/c1-10(2)17-12-6-4-11(5-7-12)14-18(15,16)9-3-8-13/h4-7,10,14H,3,8-9H2,1-2H3. The van der Waals surface area contributed by atoms with Crippen LogP contribution in [0.5, 0.6) is 5.75 Å². The summed E-state index contributed by atoms with van der Waals surface area (Å²) >= 11 is 5.47. The molecule has 0 saturated heterocycles. The number of halogens is 1. The summed E-state index contributed by atoms with van der Waals surface area (Å²) < 4.78 is 31.2. The Balaban J connectivity index is 2.63. The minimum atomic E-state index is -3.31. The number of anilines is 1. The number of benzene rings is 1. The highest BCUT2D eigenvalue weighted by Crippen LogP contribution is 2.18. The van der Waals surface area contributed by atoms with Crippen LogP contribution in [-0.2, 0) is 10.0 Å². The summed E-state index contributed by atoms with van der Waals surface area (Å²) in [7, 11) is -3.31. The van der Waals surface area contributed by atoms with Crippen LogP contribution in [0.25, 0.3) is 0 Å². The van der Waals surface area contributed by atoms with Crippen LogP contribution in [0.1, 0.15) is 20.3 Å². The Hall–Kier alpha value is -0.940. The normalized spacial score (nSPS) is 11.6. The SMILES string of the molecule is CC(C)Oc1ccc(NS(=O)(=O)CCCCl)cc1. The Morgan fingerprint density at radius 3 is 2.39 bits per heavy atom. The highest BCUT2D eigenvalue weighted by atomic mass is 35.5. The maximum atomic E-state index is 11.6. The zero-order chi connectivity index (χ0) is 13.6. The van der Waals surface area contributed by atoms with Gasteiger partial charge in [-0.1, -0.05) is 0 Å². The third kappa shape index (κ3) is 5.60. The zero-order valence-corrected chi connectivity index (χ0v) is 12.1. The van der Waals surface area contributed by atoms with Crippen molar-refractivity contribution in [1.29, 1.82) is 0 Å². The van der Waals surface area contributed by atoms with Gasteiger partial charge in [0.25, 0.3) is 0 Å². The average Bonchev–Trinajstić information content (AvgIpc) is 2.28. The minimum absolute atomic E-state index is 0.0285. The maximum absolute atomic E-state index is 11.6. The van der Waals surface area contributed by atoms with Crippen molar-refractivity contribution in [2.75, 3.05) is 16.4 Å². The monoisotopic (exact) mass is 291 g/mol. The van der Waals surface area contributed by atoms with E-state index in [1.807, 2.05) is 13.8 Å². The molecule has 0 heterocycles. The molecule has 1 N–H and O–H groups in total. The number of alkyl halides is 1. The first-order valence-corrected chi connectivity index (χ1v) is 7.95. The minimum Gasteiger partial charge on any atom is -0.491 e. The summed E-state index contributed by atoms with van der Waals surface area (Å²) in [5.74, 6) is 1.08. The molecule has 18 heavy (non-hydrogen) atoms. The van der Waals surface area contributed by atoms with Crippen molar-refractivity contribution in [3.63, 3.8) is 0 Å². The summed E-state index contributed by atoms with van der Waals surface area (Å²) in [5.41, 5.74) is 0.528. The second-order valence-electron chi connectivity index (χ2n) is 4.15. The molecule has 0 aromatic heterocycles. The lowest BCUT2D eigenvalue weighted by atomic mass is 10.3. The van der Waals surface area contributed by atoms with E-state index in [9.17, 15) is 8.42 Å². The fourth-order valence-electron chi connectivity index (χ4n) is 1.35. The molecule has 0 fully saturated rings. The Morgan fingerprint density at radius 1 is 1.28 bits per heavy atom. The summed E-state index contributed by atoms with van der Waals surface area (Å²) in [6.07, 6.45) is 0.530. The molecule has 1 rings (SSSR count). The van der Waals surface area contributed by atoms with Gasteiger partial charge < -0.3 is 4.74 Å². The number of sulfonamides is 1. The van der Waals surface area contributed by atoms with E-state index in [4.69, 9.17) is 16.3 Å². The van der Waals surface area contributed by atoms with Gasteiger partial charge in [-0.05, 0) is 44.5 Å². The average molecular weight is 292 g/mol. The summed E-state index contributed by atoms with van der Waals surface area (Å²) in [5, 5.41) is 0. The zero-order valence-electron chi connectivity index (χ0n) is 10.5. The lowest BCUT2D eigenvalue weighted by Crippen LogP contribution is -2.17. The molecule has 0 saturated carbocycles. The van der Waals surface area contributed by atoms with Crippen LogP contribution < -0.4 is 9.46 Å². The molecule has 102 valence electrons. The van der Waals surface area contributed by atoms with Gasteiger partial charge >= 0.3 is 0 Å². The predicted octanol–water partition coefficient (Wildman–Crippen LogP) is 2.84. The summed E-state index contributed by atoms with van der Waals surface area (Å²) in [6.45, 7) is 3.87. The van der Waals surface area contributed by atoms with Crippen LogP contribution in [0.2, 0.25) is 0 Å². The topological polar surface area (TPSA) is 55.4 Å². The van der Waals surface area contributed by atoms with E-state index in [1.54, 1.807) is 24.3 Å². The Kier molecular flexibility index (Phi) is 5.75. The van der Waals surface area contributed by atoms with Gasteiger partial charge in [0.1, 0.15) is 5.75 Å². The third-order valence-corrected chi connectivity index (χ3v) is 3.69. The summed E-state index contributed by atoms with van der Waals surface area (Å²) in [6, 6.07) is 6.82. The second kappa shape index (κ2) is 6.85. The number of hydrogen-bond acceptors (Lipinski definition) is 3. The molecule has 0 spiro atoms. The van der Waals surface area contributed by atoms with Crippen molar-refractivity contribution in [2.45, 2.75) is 26.4 Å². The van der Waals surface area contributed by atoms with Crippen molar-refractivity contribution in [3.8, 4) is 5.75 Å². The van der Waals surface area contributed by atoms with Crippen LogP contribution in [0.4, 0.5) is 5.69 Å². The quantitative estimate of drug-likeness (QED) is 0.786. The Morgan fingerprint density at radius 2 is 1.89 bits per heavy atom. The first-order valence-electron chi connectivity index (χ1n) is 5.76. The largest absolute Gasteiger partial charge is 0.491 e. The van der Waals surface area contributed by atoms with Gasteiger partial charge in [-0.2, -0.15) is 0 Å². The van der Waals surface area contributed by atoms with Crippen LogP contribution in [0.15, 0.2) is 24.3 Å². The van der Waals surface area contributed by atoms with Crippen molar-refractivity contribution < 1.29 is 13.2 Å². The van der Waals surface area contributed by atoms with E-state index in [2.05, 4.69) is 4.72 Å². The van der Waals surface area contributed by atoms with Crippen molar-refractivity contribution >= 4 is 27.3 Å². The van der Waals surface area contributed by atoms with E-state index in [-0.39, 0.29) is 11.9 Å². The smallest absolute Gasteiger partial charge is 0.232 e. The molecular formula is C12H18ClNO3S. The molecule has 6 heteroatoms. The van der Waals surface area contributed by atoms with E-state index in [0.717, 1.165) is 0 Å². The van der Waals surface area contributed by atoms with Gasteiger partial charge in [-0.25, -0.2) is 8.42 Å². The molecule has 0 atom stereocenters. The molecule has 1 aromatic carbocycles. The van der Waals surface area contributed by atoms with Crippen LogP contribution >= 0.6 is 11.6 Å². The van der Waals surface area contributed by atoms with Crippen molar-refractivity contribution in [1.82, 2.24) is 0 Å². The molecule has 1 aromatic rings. The molecule has 4 nitrogen and oxygen atoms in total. The van der Waals surface area contributed by atoms with Crippen LogP contribution in [0.3, 0.4) is 0 Å². The Labute approximate surface area is 113 Å². The highest BCUT2D eigenvalue weighted by Gasteiger charge is 2.09. The summed E-state index contributed by atoms with van der Waals surface area (Å²) in [4.78, 5) is 0. The number of rotatable bonds is 7. The van der Waals surface area contributed by atoms with E-state index in [1.165, 1.54) is 0 Å². The first kappa shape index (κ1) is 15.1. The van der Waals surface area contributed by atoms with Crippen LogP contribution in [-0.4, -0.2) is 26.2 Å². The lowest BCUT2D eigenvalue weighted by Gasteiger charge is -2.11. The van der Waals surface area contributed by atoms with Gasteiger partial charge in [-0.3, -0.25) is 4.72 Å². The molecule has 0 bridgehead atoms. The molecule has 0 aliphatic rings. The van der Waals surface area contributed by atoms with Gasteiger partial charge in [0.05, 0.1) is 11.9 Å². The molecule has 0 amide bonds. The molecule has 0 aliphatic heterocycles. The third-order valence-electron chi connectivity index (χ3n) is 2.05. The van der Waals surface area contributed by atoms with E-state index < -0.39 is 10.0 Å². The second-order valence-corrected chi connectivity index (χ2v) is 6.37. The fraction of sp³-hybridized carbons (Fsp3) is 0.500. The van der Waals surface area contributed by atoms with Gasteiger partial charge in [0, 0.05) is 11.6 Å². The van der Waals surface area contributed by atoms with Gasteiger partial charge in [0.15, 0.2) is 0 Å².